The number of nitrogens with zero attached hydrogens (tertiary/aromatic N) is 1. The highest BCUT2D eigenvalue weighted by Crippen LogP contribution is 2.41. The van der Waals surface area contributed by atoms with Crippen LogP contribution in [0.4, 0.5) is 17.1 Å². The fourth-order valence-electron chi connectivity index (χ4n) is 4.61. The molecule has 0 fully saturated rings. The van der Waals surface area contributed by atoms with Crippen LogP contribution in [0.15, 0.2) is 66.7 Å². The second-order valence-corrected chi connectivity index (χ2v) is 10.6. The topological polar surface area (TPSA) is 61.4 Å². The van der Waals surface area contributed by atoms with Gasteiger partial charge in [-0.3, -0.25) is 9.59 Å². The average molecular weight is 470 g/mol. The van der Waals surface area contributed by atoms with Crippen LogP contribution in [-0.4, -0.2) is 17.9 Å². The summed E-state index contributed by atoms with van der Waals surface area (Å²) in [4.78, 5) is 26.9. The van der Waals surface area contributed by atoms with Crippen molar-refractivity contribution in [1.29, 1.82) is 0 Å². The summed E-state index contributed by atoms with van der Waals surface area (Å²) in [6, 6.07) is 22.8. The lowest BCUT2D eigenvalue weighted by Crippen LogP contribution is -2.43. The lowest BCUT2D eigenvalue weighted by atomic mass is 9.88. The van der Waals surface area contributed by atoms with Crippen LogP contribution in [0.2, 0.25) is 0 Å². The zero-order valence-electron chi connectivity index (χ0n) is 21.5. The van der Waals surface area contributed by atoms with Crippen molar-refractivity contribution in [1.82, 2.24) is 0 Å². The molecule has 0 aliphatic carbocycles. The molecule has 0 saturated carbocycles. The highest BCUT2D eigenvalue weighted by molar-refractivity contribution is 5.96. The molecule has 182 valence electrons. The van der Waals surface area contributed by atoms with Gasteiger partial charge in [0.05, 0.1) is 6.04 Å². The fraction of sp³-hybridized carbons (Fsp3) is 0.333. The number of carbonyl (C=O) groups is 2. The second kappa shape index (κ2) is 9.57. The van der Waals surface area contributed by atoms with Crippen LogP contribution in [0.25, 0.3) is 11.1 Å². The summed E-state index contributed by atoms with van der Waals surface area (Å²) < 4.78 is 0. The number of anilines is 3. The maximum absolute atomic E-state index is 12.5. The van der Waals surface area contributed by atoms with E-state index < -0.39 is 5.41 Å². The number of fused-ring (bicyclic) bond motifs is 1. The van der Waals surface area contributed by atoms with Gasteiger partial charge in [-0.25, -0.2) is 0 Å². The Morgan fingerprint density at radius 1 is 0.914 bits per heavy atom. The minimum Gasteiger partial charge on any atom is -0.378 e. The largest absolute Gasteiger partial charge is 0.378 e. The van der Waals surface area contributed by atoms with Crippen molar-refractivity contribution in [2.24, 2.45) is 5.41 Å². The standard InChI is InChI=1S/C30H35N3O2/c1-19-10-13-24(14-11-19)31-27-16-20(2)33(21(3)34)28-15-12-23(18-26(27)28)22-8-7-9-25(17-22)32-29(35)30(4,5)6/h7-15,17-18,20,27,31H,16H2,1-6H3,(H,32,35)/t20-,27+/m0/s1. The summed E-state index contributed by atoms with van der Waals surface area (Å²) in [6.07, 6.45) is 0.811. The Balaban J connectivity index is 1.71. The zero-order chi connectivity index (χ0) is 25.3. The van der Waals surface area contributed by atoms with Gasteiger partial charge in [0.1, 0.15) is 0 Å². The molecule has 0 saturated heterocycles. The number of hydrogen-bond acceptors (Lipinski definition) is 3. The van der Waals surface area contributed by atoms with Crippen LogP contribution in [0.1, 0.15) is 58.2 Å². The zero-order valence-corrected chi connectivity index (χ0v) is 21.5. The van der Waals surface area contributed by atoms with Crippen molar-refractivity contribution >= 4 is 28.9 Å². The van der Waals surface area contributed by atoms with Gasteiger partial charge in [0.25, 0.3) is 0 Å². The van der Waals surface area contributed by atoms with Gasteiger partial charge in [-0.2, -0.15) is 0 Å². The minimum absolute atomic E-state index is 0.0199. The molecule has 3 aromatic rings. The number of carbonyl (C=O) groups excluding carboxylic acids is 2. The molecule has 1 heterocycles. The van der Waals surface area contributed by atoms with Gasteiger partial charge in [-0.15, -0.1) is 0 Å². The molecule has 2 amide bonds. The monoisotopic (exact) mass is 469 g/mol. The van der Waals surface area contributed by atoms with E-state index in [9.17, 15) is 9.59 Å². The van der Waals surface area contributed by atoms with Crippen molar-refractivity contribution in [2.75, 3.05) is 15.5 Å². The molecule has 0 unspecified atom stereocenters. The number of amides is 2. The molecular weight excluding hydrogens is 434 g/mol. The molecule has 2 atom stereocenters. The highest BCUT2D eigenvalue weighted by atomic mass is 16.2. The number of aryl methyl sites for hydroxylation is 1. The lowest BCUT2D eigenvalue weighted by molar-refractivity contribution is -0.123. The van der Waals surface area contributed by atoms with Crippen LogP contribution in [0.5, 0.6) is 0 Å². The van der Waals surface area contributed by atoms with Crippen molar-refractivity contribution in [3.8, 4) is 11.1 Å². The third-order valence-electron chi connectivity index (χ3n) is 6.55. The molecule has 35 heavy (non-hydrogen) atoms. The van der Waals surface area contributed by atoms with E-state index in [4.69, 9.17) is 0 Å². The maximum atomic E-state index is 12.5. The van der Waals surface area contributed by atoms with Gasteiger partial charge in [0.2, 0.25) is 11.8 Å². The van der Waals surface area contributed by atoms with E-state index in [1.54, 1.807) is 6.92 Å². The Morgan fingerprint density at radius 3 is 2.26 bits per heavy atom. The third kappa shape index (κ3) is 5.40. The van der Waals surface area contributed by atoms with E-state index in [1.165, 1.54) is 5.56 Å². The first-order valence-corrected chi connectivity index (χ1v) is 12.2. The molecule has 0 aromatic heterocycles. The van der Waals surface area contributed by atoms with Crippen molar-refractivity contribution < 1.29 is 9.59 Å². The van der Waals surface area contributed by atoms with Gasteiger partial charge >= 0.3 is 0 Å². The molecule has 4 rings (SSSR count). The molecule has 1 aliphatic rings. The van der Waals surface area contributed by atoms with E-state index in [0.29, 0.717) is 0 Å². The van der Waals surface area contributed by atoms with Crippen LogP contribution >= 0.6 is 0 Å². The summed E-state index contributed by atoms with van der Waals surface area (Å²) in [5, 5.41) is 6.72. The molecule has 3 aromatic carbocycles. The van der Waals surface area contributed by atoms with E-state index >= 15 is 0 Å². The van der Waals surface area contributed by atoms with Gasteiger partial charge in [0, 0.05) is 35.4 Å². The van der Waals surface area contributed by atoms with Crippen molar-refractivity contribution in [3.05, 3.63) is 77.9 Å². The second-order valence-electron chi connectivity index (χ2n) is 10.6. The van der Waals surface area contributed by atoms with Gasteiger partial charge in [0.15, 0.2) is 0 Å². The third-order valence-corrected chi connectivity index (χ3v) is 6.55. The summed E-state index contributed by atoms with van der Waals surface area (Å²) in [6.45, 7) is 11.5. The molecular formula is C30H35N3O2. The molecule has 0 radical (unpaired) electrons. The number of nitrogens with one attached hydrogen (secondary N) is 2. The SMILES string of the molecule is CC(=O)N1c2ccc(-c3cccc(NC(=O)C(C)(C)C)c3)cc2[C@H](Nc2ccc(C)cc2)C[C@@H]1C. The predicted octanol–water partition coefficient (Wildman–Crippen LogP) is 6.94. The van der Waals surface area contributed by atoms with Crippen LogP contribution in [0, 0.1) is 12.3 Å². The average Bonchev–Trinajstić information content (AvgIpc) is 2.79. The maximum Gasteiger partial charge on any atom is 0.229 e. The Kier molecular flexibility index (Phi) is 6.70. The minimum atomic E-state index is -0.469. The Morgan fingerprint density at radius 2 is 1.60 bits per heavy atom. The lowest BCUT2D eigenvalue weighted by Gasteiger charge is -2.39. The van der Waals surface area contributed by atoms with E-state index in [2.05, 4.69) is 60.9 Å². The fourth-order valence-corrected chi connectivity index (χ4v) is 4.61. The first-order chi connectivity index (χ1) is 16.5. The first kappa shape index (κ1) is 24.5. The first-order valence-electron chi connectivity index (χ1n) is 12.2. The van der Waals surface area contributed by atoms with E-state index in [-0.39, 0.29) is 23.9 Å². The Hall–Kier alpha value is -3.60. The summed E-state index contributed by atoms with van der Waals surface area (Å²) >= 11 is 0. The molecule has 5 nitrogen and oxygen atoms in total. The predicted molar refractivity (Wildman–Crippen MR) is 145 cm³/mol. The Bertz CT molecular complexity index is 1240. The molecule has 0 spiro atoms. The normalized spacial score (nSPS) is 17.5. The summed E-state index contributed by atoms with van der Waals surface area (Å²) in [5.41, 5.74) is 6.69. The molecule has 5 heteroatoms. The van der Waals surface area contributed by atoms with Gasteiger partial charge < -0.3 is 15.5 Å². The molecule has 1 aliphatic heterocycles. The van der Waals surface area contributed by atoms with Crippen LogP contribution < -0.4 is 15.5 Å². The van der Waals surface area contributed by atoms with Crippen LogP contribution in [0.3, 0.4) is 0 Å². The van der Waals surface area contributed by atoms with Gasteiger partial charge in [-0.1, -0.05) is 56.7 Å². The van der Waals surface area contributed by atoms with Crippen molar-refractivity contribution in [2.45, 2.75) is 60.0 Å². The molecule has 2 N–H and O–H groups in total. The summed E-state index contributed by atoms with van der Waals surface area (Å²) in [5.74, 6) is 0.0284. The smallest absolute Gasteiger partial charge is 0.229 e. The van der Waals surface area contributed by atoms with E-state index in [0.717, 1.165) is 40.2 Å². The summed E-state index contributed by atoms with van der Waals surface area (Å²) in [7, 11) is 0. The quantitative estimate of drug-likeness (QED) is 0.435. The van der Waals surface area contributed by atoms with Gasteiger partial charge in [-0.05, 0) is 73.4 Å². The number of rotatable bonds is 4. The number of hydrogen-bond donors (Lipinski definition) is 2. The van der Waals surface area contributed by atoms with Crippen LogP contribution in [-0.2, 0) is 9.59 Å². The molecule has 0 bridgehead atoms. The Labute approximate surface area is 208 Å². The highest BCUT2D eigenvalue weighted by Gasteiger charge is 2.32. The van der Waals surface area contributed by atoms with E-state index in [1.807, 2.05) is 56.0 Å². The number of benzene rings is 3. The van der Waals surface area contributed by atoms with Crippen molar-refractivity contribution in [3.63, 3.8) is 0 Å².